The standard InChI is InChI=1S/C19H16F3N3O/c20-19(21,22)14-5-7-16(8-6-14)25-12-15(24-18(26)9-10-23)11-13-3-1-2-4-17(13)25/h1-8,15H,9,11-12H2,(H,24,26). The summed E-state index contributed by atoms with van der Waals surface area (Å²) < 4.78 is 38.4. The summed E-state index contributed by atoms with van der Waals surface area (Å²) in [6, 6.07) is 14.1. The van der Waals surface area contributed by atoms with E-state index >= 15 is 0 Å². The quantitative estimate of drug-likeness (QED) is 0.907. The Balaban J connectivity index is 1.89. The van der Waals surface area contributed by atoms with Gasteiger partial charge in [0.15, 0.2) is 0 Å². The monoisotopic (exact) mass is 359 g/mol. The highest BCUT2D eigenvalue weighted by Crippen LogP contribution is 2.35. The van der Waals surface area contributed by atoms with E-state index in [1.165, 1.54) is 12.1 Å². The van der Waals surface area contributed by atoms with Crippen LogP contribution >= 0.6 is 0 Å². The van der Waals surface area contributed by atoms with Crippen LogP contribution < -0.4 is 10.2 Å². The molecule has 1 aliphatic heterocycles. The average Bonchev–Trinajstić information content (AvgIpc) is 2.60. The summed E-state index contributed by atoms with van der Waals surface area (Å²) in [6.07, 6.45) is -4.00. The molecular formula is C19H16F3N3O. The Morgan fingerprint density at radius 1 is 1.19 bits per heavy atom. The predicted molar refractivity (Wildman–Crippen MR) is 90.8 cm³/mol. The molecule has 7 heteroatoms. The first-order valence-electron chi connectivity index (χ1n) is 8.07. The van der Waals surface area contributed by atoms with E-state index in [1.807, 2.05) is 35.2 Å². The van der Waals surface area contributed by atoms with Crippen molar-refractivity contribution >= 4 is 17.3 Å². The van der Waals surface area contributed by atoms with Crippen LogP contribution in [0.15, 0.2) is 48.5 Å². The molecular weight excluding hydrogens is 343 g/mol. The van der Waals surface area contributed by atoms with Gasteiger partial charge in [-0.25, -0.2) is 0 Å². The highest BCUT2D eigenvalue weighted by molar-refractivity contribution is 5.79. The number of amides is 1. The van der Waals surface area contributed by atoms with Gasteiger partial charge in [-0.2, -0.15) is 18.4 Å². The smallest absolute Gasteiger partial charge is 0.350 e. The number of nitrogens with zero attached hydrogens (tertiary/aromatic N) is 2. The van der Waals surface area contributed by atoms with E-state index in [9.17, 15) is 18.0 Å². The molecule has 1 unspecified atom stereocenters. The summed E-state index contributed by atoms with van der Waals surface area (Å²) in [7, 11) is 0. The van der Waals surface area contributed by atoms with Gasteiger partial charge < -0.3 is 10.2 Å². The number of anilines is 2. The van der Waals surface area contributed by atoms with E-state index in [0.29, 0.717) is 18.7 Å². The number of para-hydroxylation sites is 1. The highest BCUT2D eigenvalue weighted by atomic mass is 19.4. The van der Waals surface area contributed by atoms with Gasteiger partial charge in [-0.3, -0.25) is 4.79 Å². The minimum atomic E-state index is -4.38. The number of halogens is 3. The van der Waals surface area contributed by atoms with Crippen LogP contribution in [0.3, 0.4) is 0 Å². The van der Waals surface area contributed by atoms with Gasteiger partial charge in [0.25, 0.3) is 0 Å². The lowest BCUT2D eigenvalue weighted by Gasteiger charge is -2.36. The summed E-state index contributed by atoms with van der Waals surface area (Å²) >= 11 is 0. The molecule has 4 nitrogen and oxygen atoms in total. The van der Waals surface area contributed by atoms with Crippen molar-refractivity contribution in [2.75, 3.05) is 11.4 Å². The summed E-state index contributed by atoms with van der Waals surface area (Å²) in [5.41, 5.74) is 1.80. The van der Waals surface area contributed by atoms with Gasteiger partial charge in [0.1, 0.15) is 6.42 Å². The fourth-order valence-corrected chi connectivity index (χ4v) is 3.12. The van der Waals surface area contributed by atoms with Crippen LogP contribution in [0.25, 0.3) is 0 Å². The molecule has 0 spiro atoms. The van der Waals surface area contributed by atoms with Crippen LogP contribution in [-0.4, -0.2) is 18.5 Å². The third-order valence-electron chi connectivity index (χ3n) is 4.26. The molecule has 2 aromatic carbocycles. The molecule has 0 saturated carbocycles. The molecule has 134 valence electrons. The number of rotatable bonds is 3. The topological polar surface area (TPSA) is 56.1 Å². The van der Waals surface area contributed by atoms with Crippen LogP contribution in [0.4, 0.5) is 24.5 Å². The number of hydrogen-bond acceptors (Lipinski definition) is 3. The Morgan fingerprint density at radius 2 is 1.88 bits per heavy atom. The number of alkyl halides is 3. The maximum absolute atomic E-state index is 12.8. The highest BCUT2D eigenvalue weighted by Gasteiger charge is 2.31. The van der Waals surface area contributed by atoms with Gasteiger partial charge in [-0.1, -0.05) is 18.2 Å². The molecule has 0 fully saturated rings. The van der Waals surface area contributed by atoms with Crippen LogP contribution in [-0.2, 0) is 17.4 Å². The van der Waals surface area contributed by atoms with Crippen molar-refractivity contribution in [3.8, 4) is 6.07 Å². The first kappa shape index (κ1) is 17.8. The van der Waals surface area contributed by atoms with E-state index < -0.39 is 11.7 Å². The summed E-state index contributed by atoms with van der Waals surface area (Å²) in [6.45, 7) is 0.416. The third kappa shape index (κ3) is 3.80. The predicted octanol–water partition coefficient (Wildman–Crippen LogP) is 3.80. The minimum Gasteiger partial charge on any atom is -0.350 e. The van der Waals surface area contributed by atoms with Gasteiger partial charge in [-0.05, 0) is 42.3 Å². The zero-order valence-electron chi connectivity index (χ0n) is 13.8. The van der Waals surface area contributed by atoms with Gasteiger partial charge in [0, 0.05) is 17.9 Å². The number of fused-ring (bicyclic) bond motifs is 1. The fourth-order valence-electron chi connectivity index (χ4n) is 3.12. The van der Waals surface area contributed by atoms with E-state index in [4.69, 9.17) is 5.26 Å². The Hall–Kier alpha value is -3.01. The minimum absolute atomic E-state index is 0.224. The molecule has 0 aliphatic carbocycles. The van der Waals surface area contributed by atoms with Crippen molar-refractivity contribution in [3.05, 3.63) is 59.7 Å². The molecule has 0 radical (unpaired) electrons. The molecule has 1 aliphatic rings. The molecule has 1 atom stereocenters. The second kappa shape index (κ2) is 7.08. The Morgan fingerprint density at radius 3 is 2.54 bits per heavy atom. The number of hydrogen-bond donors (Lipinski definition) is 1. The van der Waals surface area contributed by atoms with Crippen molar-refractivity contribution in [1.82, 2.24) is 5.32 Å². The molecule has 2 aromatic rings. The molecule has 0 aromatic heterocycles. The second-order valence-corrected chi connectivity index (χ2v) is 6.09. The zero-order valence-corrected chi connectivity index (χ0v) is 13.8. The molecule has 3 rings (SSSR count). The number of nitriles is 1. The second-order valence-electron chi connectivity index (χ2n) is 6.09. The number of nitrogens with one attached hydrogen (secondary N) is 1. The van der Waals surface area contributed by atoms with Crippen molar-refractivity contribution < 1.29 is 18.0 Å². The molecule has 0 bridgehead atoms. The van der Waals surface area contributed by atoms with Crippen molar-refractivity contribution in [1.29, 1.82) is 5.26 Å². The van der Waals surface area contributed by atoms with Gasteiger partial charge in [-0.15, -0.1) is 0 Å². The van der Waals surface area contributed by atoms with Crippen molar-refractivity contribution in [3.63, 3.8) is 0 Å². The first-order chi connectivity index (χ1) is 12.4. The maximum Gasteiger partial charge on any atom is 0.416 e. The number of carbonyl (C=O) groups is 1. The lowest BCUT2D eigenvalue weighted by molar-refractivity contribution is -0.137. The number of benzene rings is 2. The van der Waals surface area contributed by atoms with Crippen LogP contribution in [0.2, 0.25) is 0 Å². The lowest BCUT2D eigenvalue weighted by atomic mass is 9.97. The summed E-state index contributed by atoms with van der Waals surface area (Å²) in [4.78, 5) is 13.6. The molecule has 0 saturated heterocycles. The van der Waals surface area contributed by atoms with E-state index in [1.54, 1.807) is 0 Å². The molecule has 1 heterocycles. The Labute approximate surface area is 148 Å². The third-order valence-corrected chi connectivity index (χ3v) is 4.26. The Bertz CT molecular complexity index is 840. The van der Waals surface area contributed by atoms with E-state index in [-0.39, 0.29) is 18.4 Å². The Kier molecular flexibility index (Phi) is 4.85. The normalized spacial score (nSPS) is 16.5. The van der Waals surface area contributed by atoms with E-state index in [0.717, 1.165) is 23.4 Å². The number of carbonyl (C=O) groups excluding carboxylic acids is 1. The maximum atomic E-state index is 12.8. The zero-order chi connectivity index (χ0) is 18.7. The van der Waals surface area contributed by atoms with E-state index in [2.05, 4.69) is 5.32 Å². The lowest BCUT2D eigenvalue weighted by Crippen LogP contribution is -2.46. The average molecular weight is 359 g/mol. The van der Waals surface area contributed by atoms with Crippen LogP contribution in [0.5, 0.6) is 0 Å². The fraction of sp³-hybridized carbons (Fsp3) is 0.263. The largest absolute Gasteiger partial charge is 0.416 e. The molecule has 26 heavy (non-hydrogen) atoms. The van der Waals surface area contributed by atoms with Gasteiger partial charge in [0.2, 0.25) is 5.91 Å². The van der Waals surface area contributed by atoms with Gasteiger partial charge >= 0.3 is 6.18 Å². The van der Waals surface area contributed by atoms with Crippen LogP contribution in [0, 0.1) is 11.3 Å². The summed E-state index contributed by atoms with van der Waals surface area (Å²) in [5.74, 6) is -0.357. The summed E-state index contributed by atoms with van der Waals surface area (Å²) in [5, 5.41) is 11.4. The van der Waals surface area contributed by atoms with Crippen molar-refractivity contribution in [2.45, 2.75) is 25.1 Å². The van der Waals surface area contributed by atoms with Gasteiger partial charge in [0.05, 0.1) is 17.7 Å². The SMILES string of the molecule is N#CCC(=O)NC1Cc2ccccc2N(c2ccc(C(F)(F)F)cc2)C1. The van der Waals surface area contributed by atoms with Crippen molar-refractivity contribution in [2.24, 2.45) is 0 Å². The first-order valence-corrected chi connectivity index (χ1v) is 8.07. The van der Waals surface area contributed by atoms with Crippen LogP contribution in [0.1, 0.15) is 17.5 Å². The molecule has 1 N–H and O–H groups in total. The molecule has 1 amide bonds.